The van der Waals surface area contributed by atoms with Gasteiger partial charge in [-0.1, -0.05) is 54.9 Å². The standard InChI is InChI=1S/C19H31BrO3Si/c1-7-16(13-23-24(5,6)19(2,3)4)18(21)14-22-12-15-8-10-17(20)11-9-15/h7-11,16,18,21H,1,12-14H2,2-6H3/t16-,18-/m1/s1. The predicted octanol–water partition coefficient (Wildman–Crippen LogP) is 5.15. The van der Waals surface area contributed by atoms with Crippen molar-refractivity contribution in [2.24, 2.45) is 5.92 Å². The average Bonchev–Trinajstić information content (AvgIpc) is 2.48. The normalized spacial score (nSPS) is 15.1. The minimum Gasteiger partial charge on any atom is -0.416 e. The summed E-state index contributed by atoms with van der Waals surface area (Å²) >= 11 is 3.41. The lowest BCUT2D eigenvalue weighted by atomic mass is 10.1. The SMILES string of the molecule is C=C[C@H](CO[Si](C)(C)C(C)(C)C)[C@H](O)COCc1ccc(Br)cc1. The van der Waals surface area contributed by atoms with Crippen LogP contribution in [0.3, 0.4) is 0 Å². The van der Waals surface area contributed by atoms with E-state index in [4.69, 9.17) is 9.16 Å². The van der Waals surface area contributed by atoms with E-state index in [9.17, 15) is 5.11 Å². The summed E-state index contributed by atoms with van der Waals surface area (Å²) in [6, 6.07) is 7.97. The maximum atomic E-state index is 10.4. The molecular formula is C19H31BrO3Si. The molecule has 0 saturated carbocycles. The summed E-state index contributed by atoms with van der Waals surface area (Å²) in [5, 5.41) is 10.5. The quantitative estimate of drug-likeness (QED) is 0.448. The van der Waals surface area contributed by atoms with E-state index in [1.165, 1.54) is 0 Å². The highest BCUT2D eigenvalue weighted by molar-refractivity contribution is 9.10. The second-order valence-electron chi connectivity index (χ2n) is 7.68. The summed E-state index contributed by atoms with van der Waals surface area (Å²) in [4.78, 5) is 0. The van der Waals surface area contributed by atoms with Gasteiger partial charge in [0.25, 0.3) is 0 Å². The molecule has 136 valence electrons. The van der Waals surface area contributed by atoms with Gasteiger partial charge in [0.2, 0.25) is 0 Å². The maximum Gasteiger partial charge on any atom is 0.192 e. The molecule has 3 nitrogen and oxygen atoms in total. The van der Waals surface area contributed by atoms with Crippen molar-refractivity contribution in [2.75, 3.05) is 13.2 Å². The zero-order chi connectivity index (χ0) is 18.4. The minimum atomic E-state index is -1.82. The van der Waals surface area contributed by atoms with E-state index in [-0.39, 0.29) is 17.6 Å². The van der Waals surface area contributed by atoms with Gasteiger partial charge in [-0.3, -0.25) is 0 Å². The topological polar surface area (TPSA) is 38.7 Å². The first-order valence-electron chi connectivity index (χ1n) is 8.33. The van der Waals surface area contributed by atoms with Crippen LogP contribution in [-0.2, 0) is 15.8 Å². The van der Waals surface area contributed by atoms with E-state index in [1.54, 1.807) is 6.08 Å². The summed E-state index contributed by atoms with van der Waals surface area (Å²) in [5.41, 5.74) is 1.08. The van der Waals surface area contributed by atoms with E-state index in [0.717, 1.165) is 10.0 Å². The molecule has 5 heteroatoms. The van der Waals surface area contributed by atoms with Crippen LogP contribution >= 0.6 is 15.9 Å². The maximum absolute atomic E-state index is 10.4. The van der Waals surface area contributed by atoms with Crippen molar-refractivity contribution in [1.29, 1.82) is 0 Å². The van der Waals surface area contributed by atoms with E-state index in [0.29, 0.717) is 13.2 Å². The molecule has 0 heterocycles. The van der Waals surface area contributed by atoms with Gasteiger partial charge in [-0.2, -0.15) is 0 Å². The van der Waals surface area contributed by atoms with Gasteiger partial charge >= 0.3 is 0 Å². The van der Waals surface area contributed by atoms with Crippen LogP contribution in [0.25, 0.3) is 0 Å². The van der Waals surface area contributed by atoms with Crippen LogP contribution in [0.1, 0.15) is 26.3 Å². The molecule has 0 unspecified atom stereocenters. The number of aliphatic hydroxyl groups is 1. The van der Waals surface area contributed by atoms with Crippen LogP contribution in [0.15, 0.2) is 41.4 Å². The third-order valence-electron chi connectivity index (χ3n) is 4.71. The smallest absolute Gasteiger partial charge is 0.192 e. The Bertz CT molecular complexity index is 508. The highest BCUT2D eigenvalue weighted by Gasteiger charge is 2.37. The Morgan fingerprint density at radius 1 is 1.21 bits per heavy atom. The number of hydrogen-bond donors (Lipinski definition) is 1. The summed E-state index contributed by atoms with van der Waals surface area (Å²) in [7, 11) is -1.82. The van der Waals surface area contributed by atoms with E-state index in [1.807, 2.05) is 24.3 Å². The molecule has 0 spiro atoms. The van der Waals surface area contributed by atoms with Crippen molar-refractivity contribution in [1.82, 2.24) is 0 Å². The van der Waals surface area contributed by atoms with Gasteiger partial charge in [-0.05, 0) is 35.8 Å². The van der Waals surface area contributed by atoms with Crippen LogP contribution in [0.2, 0.25) is 18.1 Å². The molecular weight excluding hydrogens is 384 g/mol. The Kier molecular flexibility index (Phi) is 8.36. The van der Waals surface area contributed by atoms with Crippen molar-refractivity contribution in [3.05, 3.63) is 47.0 Å². The molecule has 0 aromatic heterocycles. The second-order valence-corrected chi connectivity index (χ2v) is 13.4. The first-order chi connectivity index (χ1) is 11.1. The Morgan fingerprint density at radius 2 is 1.79 bits per heavy atom. The number of benzene rings is 1. The van der Waals surface area contributed by atoms with Crippen LogP contribution in [0.5, 0.6) is 0 Å². The fraction of sp³-hybridized carbons (Fsp3) is 0.579. The highest BCUT2D eigenvalue weighted by Crippen LogP contribution is 2.36. The number of halogens is 1. The zero-order valence-electron chi connectivity index (χ0n) is 15.5. The molecule has 0 saturated heterocycles. The first kappa shape index (κ1) is 21.6. The van der Waals surface area contributed by atoms with Gasteiger partial charge in [0.05, 0.1) is 19.3 Å². The number of hydrogen-bond acceptors (Lipinski definition) is 3. The van der Waals surface area contributed by atoms with Crippen molar-refractivity contribution in [2.45, 2.75) is 51.6 Å². The monoisotopic (exact) mass is 414 g/mol. The van der Waals surface area contributed by atoms with Crippen LogP contribution in [-0.4, -0.2) is 32.7 Å². The van der Waals surface area contributed by atoms with Gasteiger partial charge in [-0.25, -0.2) is 0 Å². The van der Waals surface area contributed by atoms with Crippen LogP contribution in [0, 0.1) is 5.92 Å². The fourth-order valence-corrected chi connectivity index (χ4v) is 3.17. The molecule has 2 atom stereocenters. The van der Waals surface area contributed by atoms with Gasteiger partial charge in [0, 0.05) is 17.0 Å². The molecule has 1 N–H and O–H groups in total. The third-order valence-corrected chi connectivity index (χ3v) is 9.74. The highest BCUT2D eigenvalue weighted by atomic mass is 79.9. The largest absolute Gasteiger partial charge is 0.416 e. The lowest BCUT2D eigenvalue weighted by molar-refractivity contribution is -0.00210. The van der Waals surface area contributed by atoms with Crippen molar-refractivity contribution >= 4 is 24.2 Å². The van der Waals surface area contributed by atoms with Crippen LogP contribution < -0.4 is 0 Å². The molecule has 0 radical (unpaired) electrons. The Hall–Kier alpha value is -0.463. The summed E-state index contributed by atoms with van der Waals surface area (Å²) in [6.07, 6.45) is 1.16. The molecule has 0 aliphatic rings. The Morgan fingerprint density at radius 3 is 2.29 bits per heavy atom. The molecule has 0 aliphatic carbocycles. The Balaban J connectivity index is 2.44. The molecule has 0 bridgehead atoms. The van der Waals surface area contributed by atoms with Crippen molar-refractivity contribution in [3.63, 3.8) is 0 Å². The van der Waals surface area contributed by atoms with Crippen molar-refractivity contribution in [3.8, 4) is 0 Å². The number of aliphatic hydroxyl groups excluding tert-OH is 1. The van der Waals surface area contributed by atoms with Crippen LogP contribution in [0.4, 0.5) is 0 Å². The lowest BCUT2D eigenvalue weighted by Gasteiger charge is -2.37. The van der Waals surface area contributed by atoms with Gasteiger partial charge in [0.1, 0.15) is 0 Å². The average molecular weight is 415 g/mol. The van der Waals surface area contributed by atoms with Gasteiger partial charge < -0.3 is 14.3 Å². The van der Waals surface area contributed by atoms with Crippen molar-refractivity contribution < 1.29 is 14.3 Å². The molecule has 0 aliphatic heterocycles. The fourth-order valence-electron chi connectivity index (χ4n) is 1.86. The number of rotatable bonds is 9. The summed E-state index contributed by atoms with van der Waals surface area (Å²) in [5.74, 6) is -0.121. The molecule has 0 fully saturated rings. The number of ether oxygens (including phenoxy) is 1. The zero-order valence-corrected chi connectivity index (χ0v) is 18.1. The third kappa shape index (κ3) is 6.80. The first-order valence-corrected chi connectivity index (χ1v) is 12.0. The second kappa shape index (κ2) is 9.29. The Labute approximate surface area is 156 Å². The summed E-state index contributed by atoms with van der Waals surface area (Å²) in [6.45, 7) is 16.1. The summed E-state index contributed by atoms with van der Waals surface area (Å²) < 4.78 is 12.9. The van der Waals surface area contributed by atoms with Gasteiger partial charge in [0.15, 0.2) is 8.32 Å². The molecule has 0 amide bonds. The molecule has 24 heavy (non-hydrogen) atoms. The molecule has 1 rings (SSSR count). The van der Waals surface area contributed by atoms with E-state index >= 15 is 0 Å². The molecule has 1 aromatic carbocycles. The molecule has 1 aromatic rings. The van der Waals surface area contributed by atoms with E-state index in [2.05, 4.69) is 56.4 Å². The van der Waals surface area contributed by atoms with Gasteiger partial charge in [-0.15, -0.1) is 6.58 Å². The minimum absolute atomic E-state index is 0.121. The predicted molar refractivity (Wildman–Crippen MR) is 107 cm³/mol. The van der Waals surface area contributed by atoms with E-state index < -0.39 is 14.4 Å². The lowest BCUT2D eigenvalue weighted by Crippen LogP contribution is -2.43.